The van der Waals surface area contributed by atoms with E-state index in [0.717, 1.165) is 5.56 Å². The van der Waals surface area contributed by atoms with Gasteiger partial charge >= 0.3 is 5.97 Å². The van der Waals surface area contributed by atoms with Gasteiger partial charge in [-0.15, -0.1) is 0 Å². The number of carbonyl (C=O) groups is 1. The lowest BCUT2D eigenvalue weighted by Crippen LogP contribution is -2.08. The van der Waals surface area contributed by atoms with Gasteiger partial charge in [0.2, 0.25) is 0 Å². The molecular weight excluding hydrogens is 142 g/mol. The van der Waals surface area contributed by atoms with Crippen LogP contribution in [0.5, 0.6) is 0 Å². The maximum absolute atomic E-state index is 11.0. The van der Waals surface area contributed by atoms with Gasteiger partial charge in [0.05, 0.1) is 5.56 Å². The second-order valence-electron chi connectivity index (χ2n) is 2.41. The molecule has 0 radical (unpaired) electrons. The van der Waals surface area contributed by atoms with Crippen LogP contribution in [-0.4, -0.2) is 5.97 Å². The molecule has 0 saturated heterocycles. The molecule has 0 saturated carbocycles. The lowest BCUT2D eigenvalue weighted by Gasteiger charge is -2.00. The molecule has 11 heavy (non-hydrogen) atoms. The largest absolute Gasteiger partial charge is 0.439 e. The molecule has 0 aromatic heterocycles. The lowest BCUT2D eigenvalue weighted by molar-refractivity contribution is 0.0399. The number of cyclic esters (lactones) is 1. The quantitative estimate of drug-likeness (QED) is 0.555. The highest BCUT2D eigenvalue weighted by Crippen LogP contribution is 2.25. The number of fused-ring (bicyclic) bond motifs is 1. The summed E-state index contributed by atoms with van der Waals surface area (Å²) in [7, 11) is 0. The molecule has 1 aliphatic heterocycles. The highest BCUT2D eigenvalue weighted by Gasteiger charge is 2.26. The van der Waals surface area contributed by atoms with E-state index in [2.05, 4.69) is 0 Å². The van der Waals surface area contributed by atoms with Crippen LogP contribution in [0, 0.1) is 0 Å². The van der Waals surface area contributed by atoms with Gasteiger partial charge in [-0.2, -0.15) is 0 Å². The smallest absolute Gasteiger partial charge is 0.340 e. The number of esters is 1. The summed E-state index contributed by atoms with van der Waals surface area (Å²) in [5, 5.41) is 0. The molecule has 1 atom stereocenters. The molecule has 1 aliphatic rings. The first-order chi connectivity index (χ1) is 5.29. The van der Waals surface area contributed by atoms with Crippen LogP contribution in [0.3, 0.4) is 0 Å². The molecule has 3 nitrogen and oxygen atoms in total. The van der Waals surface area contributed by atoms with Crippen LogP contribution in [-0.2, 0) is 4.74 Å². The third-order valence-electron chi connectivity index (χ3n) is 1.72. The van der Waals surface area contributed by atoms with Crippen molar-refractivity contribution in [3.8, 4) is 0 Å². The van der Waals surface area contributed by atoms with E-state index in [4.69, 9.17) is 10.5 Å². The number of ether oxygens (including phenoxy) is 1. The van der Waals surface area contributed by atoms with E-state index in [-0.39, 0.29) is 5.97 Å². The Balaban J connectivity index is 2.60. The predicted octanol–water partition coefficient (Wildman–Crippen LogP) is 0.814. The molecule has 0 amide bonds. The fourth-order valence-corrected chi connectivity index (χ4v) is 1.17. The van der Waals surface area contributed by atoms with E-state index < -0.39 is 6.23 Å². The highest BCUT2D eigenvalue weighted by molar-refractivity contribution is 5.93. The van der Waals surface area contributed by atoms with Crippen LogP contribution in [0.15, 0.2) is 24.3 Å². The SMILES string of the molecule is NC1OC(=O)c2ccccc21. The Morgan fingerprint density at radius 1 is 1.36 bits per heavy atom. The van der Waals surface area contributed by atoms with E-state index in [0.29, 0.717) is 5.56 Å². The number of carbonyl (C=O) groups excluding carboxylic acids is 1. The van der Waals surface area contributed by atoms with Gasteiger partial charge < -0.3 is 4.74 Å². The second-order valence-corrected chi connectivity index (χ2v) is 2.41. The maximum atomic E-state index is 11.0. The third kappa shape index (κ3) is 0.816. The van der Waals surface area contributed by atoms with Gasteiger partial charge in [-0.1, -0.05) is 18.2 Å². The summed E-state index contributed by atoms with van der Waals surface area (Å²) in [5.74, 6) is -0.326. The van der Waals surface area contributed by atoms with Crippen LogP contribution >= 0.6 is 0 Å². The first kappa shape index (κ1) is 6.37. The average Bonchev–Trinajstić information content (AvgIpc) is 2.30. The van der Waals surface area contributed by atoms with Gasteiger partial charge in [-0.3, -0.25) is 5.73 Å². The first-order valence-electron chi connectivity index (χ1n) is 3.34. The van der Waals surface area contributed by atoms with Gasteiger partial charge in [0.1, 0.15) is 0 Å². The number of rotatable bonds is 0. The van der Waals surface area contributed by atoms with Crippen molar-refractivity contribution in [2.45, 2.75) is 6.23 Å². The minimum atomic E-state index is -0.571. The molecule has 56 valence electrons. The molecule has 2 N–H and O–H groups in total. The van der Waals surface area contributed by atoms with Crippen LogP contribution in [0.25, 0.3) is 0 Å². The van der Waals surface area contributed by atoms with Crippen LogP contribution in [0.4, 0.5) is 0 Å². The normalized spacial score (nSPS) is 21.2. The van der Waals surface area contributed by atoms with E-state index in [1.165, 1.54) is 0 Å². The van der Waals surface area contributed by atoms with Crippen molar-refractivity contribution in [2.24, 2.45) is 5.73 Å². The number of benzene rings is 1. The molecule has 0 aliphatic carbocycles. The van der Waals surface area contributed by atoms with E-state index in [1.54, 1.807) is 18.2 Å². The van der Waals surface area contributed by atoms with Gasteiger partial charge in [-0.05, 0) is 6.07 Å². The van der Waals surface area contributed by atoms with Crippen molar-refractivity contribution in [3.63, 3.8) is 0 Å². The number of hydrogen-bond acceptors (Lipinski definition) is 3. The first-order valence-corrected chi connectivity index (χ1v) is 3.34. The third-order valence-corrected chi connectivity index (χ3v) is 1.72. The Labute approximate surface area is 63.8 Å². The molecule has 1 unspecified atom stereocenters. The summed E-state index contributed by atoms with van der Waals surface area (Å²) in [6.45, 7) is 0. The van der Waals surface area contributed by atoms with E-state index in [9.17, 15) is 4.79 Å². The van der Waals surface area contributed by atoms with Crippen molar-refractivity contribution in [3.05, 3.63) is 35.4 Å². The summed E-state index contributed by atoms with van der Waals surface area (Å²) in [6.07, 6.45) is -0.571. The molecule has 1 aromatic rings. The molecule has 0 fully saturated rings. The van der Waals surface area contributed by atoms with Crippen molar-refractivity contribution < 1.29 is 9.53 Å². The zero-order chi connectivity index (χ0) is 7.84. The molecular formula is C8H7NO2. The molecule has 2 rings (SSSR count). The zero-order valence-electron chi connectivity index (χ0n) is 5.78. The topological polar surface area (TPSA) is 52.3 Å². The second kappa shape index (κ2) is 2.07. The highest BCUT2D eigenvalue weighted by atomic mass is 16.6. The predicted molar refractivity (Wildman–Crippen MR) is 38.8 cm³/mol. The summed E-state index contributed by atoms with van der Waals surface area (Å²) in [4.78, 5) is 11.0. The number of hydrogen-bond donors (Lipinski definition) is 1. The summed E-state index contributed by atoms with van der Waals surface area (Å²) < 4.78 is 4.77. The molecule has 0 spiro atoms. The summed E-state index contributed by atoms with van der Waals surface area (Å²) >= 11 is 0. The monoisotopic (exact) mass is 149 g/mol. The Hall–Kier alpha value is -1.35. The molecule has 1 aromatic carbocycles. The van der Waals surface area contributed by atoms with Crippen LogP contribution in [0.1, 0.15) is 22.1 Å². The van der Waals surface area contributed by atoms with Crippen LogP contribution < -0.4 is 5.73 Å². The molecule has 3 heteroatoms. The minimum Gasteiger partial charge on any atom is -0.439 e. The van der Waals surface area contributed by atoms with Gasteiger partial charge in [0.25, 0.3) is 0 Å². The van der Waals surface area contributed by atoms with Crippen LogP contribution in [0.2, 0.25) is 0 Å². The minimum absolute atomic E-state index is 0.326. The standard InChI is InChI=1S/C8H7NO2/c9-7-5-3-1-2-4-6(5)8(10)11-7/h1-4,7H,9H2. The van der Waals surface area contributed by atoms with Gasteiger partial charge in [-0.25, -0.2) is 4.79 Å². The fraction of sp³-hybridized carbons (Fsp3) is 0.125. The van der Waals surface area contributed by atoms with Crippen molar-refractivity contribution in [1.29, 1.82) is 0 Å². The molecule has 0 bridgehead atoms. The summed E-state index contributed by atoms with van der Waals surface area (Å²) in [6, 6.07) is 7.13. The Kier molecular flexibility index (Phi) is 1.20. The summed E-state index contributed by atoms with van der Waals surface area (Å²) in [5.41, 5.74) is 6.85. The average molecular weight is 149 g/mol. The molecule has 1 heterocycles. The van der Waals surface area contributed by atoms with Gasteiger partial charge in [0, 0.05) is 5.56 Å². The lowest BCUT2D eigenvalue weighted by atomic mass is 10.1. The Morgan fingerprint density at radius 3 is 2.82 bits per heavy atom. The maximum Gasteiger partial charge on any atom is 0.340 e. The fourth-order valence-electron chi connectivity index (χ4n) is 1.17. The van der Waals surface area contributed by atoms with Crippen molar-refractivity contribution in [1.82, 2.24) is 0 Å². The van der Waals surface area contributed by atoms with Crippen molar-refractivity contribution in [2.75, 3.05) is 0 Å². The zero-order valence-corrected chi connectivity index (χ0v) is 5.78. The number of nitrogens with two attached hydrogens (primary N) is 1. The van der Waals surface area contributed by atoms with Gasteiger partial charge in [0.15, 0.2) is 6.23 Å². The Bertz CT molecular complexity index is 309. The van der Waals surface area contributed by atoms with E-state index >= 15 is 0 Å². The van der Waals surface area contributed by atoms with Crippen molar-refractivity contribution >= 4 is 5.97 Å². The van der Waals surface area contributed by atoms with E-state index in [1.807, 2.05) is 6.07 Å². The Morgan fingerprint density at radius 2 is 2.09 bits per heavy atom.